The monoisotopic (exact) mass is 268 g/mol. The standard InChI is InChI=1S/C14H24N2O3/c1-13(2,3)19-12(18)16-6-4-5-10(9-16)14(15)7-11(17)8-14/h10H,4-9,15H2,1-3H3. The first kappa shape index (κ1) is 14.3. The van der Waals surface area contributed by atoms with Crippen molar-refractivity contribution in [2.45, 2.75) is 57.6 Å². The Hall–Kier alpha value is -1.10. The molecule has 0 aromatic rings. The van der Waals surface area contributed by atoms with Gasteiger partial charge in [0.25, 0.3) is 0 Å². The van der Waals surface area contributed by atoms with Crippen LogP contribution in [0.4, 0.5) is 4.79 Å². The van der Waals surface area contributed by atoms with Crippen LogP contribution in [0.15, 0.2) is 0 Å². The maximum Gasteiger partial charge on any atom is 0.410 e. The van der Waals surface area contributed by atoms with E-state index in [0.29, 0.717) is 19.4 Å². The highest BCUT2D eigenvalue weighted by Gasteiger charge is 2.47. The molecule has 2 rings (SSSR count). The lowest BCUT2D eigenvalue weighted by molar-refractivity contribution is -0.130. The van der Waals surface area contributed by atoms with Crippen molar-refractivity contribution < 1.29 is 14.3 Å². The van der Waals surface area contributed by atoms with E-state index in [2.05, 4.69) is 0 Å². The summed E-state index contributed by atoms with van der Waals surface area (Å²) in [4.78, 5) is 25.0. The second-order valence-electron chi connectivity index (χ2n) is 6.89. The Balaban J connectivity index is 1.94. The van der Waals surface area contributed by atoms with Crippen LogP contribution < -0.4 is 5.73 Å². The molecule has 0 spiro atoms. The van der Waals surface area contributed by atoms with E-state index in [1.165, 1.54) is 0 Å². The lowest BCUT2D eigenvalue weighted by Gasteiger charge is -2.47. The number of hydrogen-bond acceptors (Lipinski definition) is 4. The minimum Gasteiger partial charge on any atom is -0.444 e. The molecule has 5 nitrogen and oxygen atoms in total. The summed E-state index contributed by atoms with van der Waals surface area (Å²) >= 11 is 0. The second kappa shape index (κ2) is 4.78. The van der Waals surface area contributed by atoms with E-state index in [1.54, 1.807) is 4.90 Å². The van der Waals surface area contributed by atoms with Gasteiger partial charge in [-0.1, -0.05) is 0 Å². The highest BCUT2D eigenvalue weighted by Crippen LogP contribution is 2.38. The van der Waals surface area contributed by atoms with Crippen LogP contribution in [-0.2, 0) is 9.53 Å². The molecule has 1 atom stereocenters. The number of piperidine rings is 1. The van der Waals surface area contributed by atoms with Crippen LogP contribution >= 0.6 is 0 Å². The Morgan fingerprint density at radius 3 is 2.58 bits per heavy atom. The molecule has 0 aromatic heterocycles. The topological polar surface area (TPSA) is 72.6 Å². The summed E-state index contributed by atoms with van der Waals surface area (Å²) in [7, 11) is 0. The molecule has 1 aliphatic carbocycles. The van der Waals surface area contributed by atoms with Crippen molar-refractivity contribution in [1.82, 2.24) is 4.90 Å². The third-order valence-corrected chi connectivity index (χ3v) is 3.94. The van der Waals surface area contributed by atoms with Crippen molar-refractivity contribution >= 4 is 11.9 Å². The number of hydrogen-bond donors (Lipinski definition) is 1. The summed E-state index contributed by atoms with van der Waals surface area (Å²) in [5.74, 6) is 0.448. The SMILES string of the molecule is CC(C)(C)OC(=O)N1CCCC(C2(N)CC(=O)C2)C1. The van der Waals surface area contributed by atoms with Gasteiger partial charge in [-0.05, 0) is 39.5 Å². The van der Waals surface area contributed by atoms with Gasteiger partial charge in [-0.3, -0.25) is 4.79 Å². The van der Waals surface area contributed by atoms with Crippen LogP contribution in [-0.4, -0.2) is 41.0 Å². The summed E-state index contributed by atoms with van der Waals surface area (Å²) in [6, 6.07) is 0. The zero-order valence-electron chi connectivity index (χ0n) is 12.1. The van der Waals surface area contributed by atoms with Crippen molar-refractivity contribution in [3.63, 3.8) is 0 Å². The Labute approximate surface area is 114 Å². The van der Waals surface area contributed by atoms with Gasteiger partial charge < -0.3 is 15.4 Å². The molecule has 2 aliphatic rings. The third-order valence-electron chi connectivity index (χ3n) is 3.94. The minimum absolute atomic E-state index is 0.214. The maximum atomic E-state index is 12.1. The number of carbonyl (C=O) groups excluding carboxylic acids is 2. The average molecular weight is 268 g/mol. The Kier molecular flexibility index (Phi) is 3.60. The van der Waals surface area contributed by atoms with Crippen molar-refractivity contribution in [3.05, 3.63) is 0 Å². The fraction of sp³-hybridized carbons (Fsp3) is 0.857. The fourth-order valence-electron chi connectivity index (χ4n) is 2.91. The van der Waals surface area contributed by atoms with Crippen LogP contribution in [0.5, 0.6) is 0 Å². The summed E-state index contributed by atoms with van der Waals surface area (Å²) in [5.41, 5.74) is 5.39. The lowest BCUT2D eigenvalue weighted by atomic mass is 9.65. The van der Waals surface area contributed by atoms with E-state index < -0.39 is 11.1 Å². The van der Waals surface area contributed by atoms with Crippen molar-refractivity contribution in [3.8, 4) is 0 Å². The molecule has 19 heavy (non-hydrogen) atoms. The van der Waals surface area contributed by atoms with E-state index in [0.717, 1.165) is 19.4 Å². The Morgan fingerprint density at radius 2 is 2.05 bits per heavy atom. The largest absolute Gasteiger partial charge is 0.444 e. The minimum atomic E-state index is -0.475. The quantitative estimate of drug-likeness (QED) is 0.785. The molecule has 1 aliphatic heterocycles. The van der Waals surface area contributed by atoms with Gasteiger partial charge in [0.15, 0.2) is 0 Å². The van der Waals surface area contributed by atoms with Crippen LogP contribution in [0.2, 0.25) is 0 Å². The molecule has 0 radical (unpaired) electrons. The molecule has 1 amide bonds. The number of Topliss-reactive ketones (excluding diaryl/α,β-unsaturated/α-hetero) is 1. The first-order valence-corrected chi connectivity index (χ1v) is 6.98. The fourth-order valence-corrected chi connectivity index (χ4v) is 2.91. The van der Waals surface area contributed by atoms with Crippen molar-refractivity contribution in [2.75, 3.05) is 13.1 Å². The molecule has 1 unspecified atom stereocenters. The lowest BCUT2D eigenvalue weighted by Crippen LogP contribution is -2.61. The van der Waals surface area contributed by atoms with Crippen molar-refractivity contribution in [2.24, 2.45) is 11.7 Å². The van der Waals surface area contributed by atoms with E-state index in [4.69, 9.17) is 10.5 Å². The molecular weight excluding hydrogens is 244 g/mol. The molecular formula is C14H24N2O3. The normalized spacial score (nSPS) is 26.8. The molecule has 2 fully saturated rings. The van der Waals surface area contributed by atoms with Gasteiger partial charge in [-0.15, -0.1) is 0 Å². The van der Waals surface area contributed by atoms with Gasteiger partial charge >= 0.3 is 6.09 Å². The number of amides is 1. The van der Waals surface area contributed by atoms with Crippen LogP contribution in [0, 0.1) is 5.92 Å². The van der Waals surface area contributed by atoms with Crippen LogP contribution in [0.25, 0.3) is 0 Å². The molecule has 1 saturated heterocycles. The summed E-state index contributed by atoms with van der Waals surface area (Å²) in [6.45, 7) is 6.91. The number of likely N-dealkylation sites (tertiary alicyclic amines) is 1. The molecule has 1 heterocycles. The number of ether oxygens (including phenoxy) is 1. The first-order valence-electron chi connectivity index (χ1n) is 6.98. The van der Waals surface area contributed by atoms with E-state index in [-0.39, 0.29) is 17.8 Å². The van der Waals surface area contributed by atoms with E-state index in [1.807, 2.05) is 20.8 Å². The first-order chi connectivity index (χ1) is 8.70. The highest BCUT2D eigenvalue weighted by atomic mass is 16.6. The zero-order chi connectivity index (χ0) is 14.3. The molecule has 0 bridgehead atoms. The molecule has 2 N–H and O–H groups in total. The van der Waals surface area contributed by atoms with E-state index in [9.17, 15) is 9.59 Å². The van der Waals surface area contributed by atoms with Gasteiger partial charge in [-0.2, -0.15) is 0 Å². The number of ketones is 1. The van der Waals surface area contributed by atoms with Gasteiger partial charge in [0.05, 0.1) is 0 Å². The smallest absolute Gasteiger partial charge is 0.410 e. The molecule has 0 aromatic carbocycles. The number of nitrogens with zero attached hydrogens (tertiary/aromatic N) is 1. The summed E-state index contributed by atoms with van der Waals surface area (Å²) in [5, 5.41) is 0. The van der Waals surface area contributed by atoms with Gasteiger partial charge in [0.1, 0.15) is 11.4 Å². The Morgan fingerprint density at radius 1 is 1.42 bits per heavy atom. The molecule has 108 valence electrons. The molecule has 5 heteroatoms. The number of carbonyl (C=O) groups is 2. The summed E-state index contributed by atoms with van der Waals surface area (Å²) < 4.78 is 5.39. The number of rotatable bonds is 1. The van der Waals surface area contributed by atoms with E-state index >= 15 is 0 Å². The van der Waals surface area contributed by atoms with Crippen molar-refractivity contribution in [1.29, 1.82) is 0 Å². The van der Waals surface area contributed by atoms with Gasteiger partial charge in [0.2, 0.25) is 0 Å². The van der Waals surface area contributed by atoms with Crippen LogP contribution in [0.1, 0.15) is 46.5 Å². The zero-order valence-corrected chi connectivity index (χ0v) is 12.1. The second-order valence-corrected chi connectivity index (χ2v) is 6.89. The number of nitrogens with two attached hydrogens (primary N) is 1. The highest BCUT2D eigenvalue weighted by molar-refractivity contribution is 5.87. The van der Waals surface area contributed by atoms with Crippen LogP contribution in [0.3, 0.4) is 0 Å². The van der Waals surface area contributed by atoms with Gasteiger partial charge in [0, 0.05) is 31.5 Å². The predicted molar refractivity (Wildman–Crippen MR) is 71.7 cm³/mol. The third kappa shape index (κ3) is 3.26. The Bertz CT molecular complexity index is 379. The summed E-state index contributed by atoms with van der Waals surface area (Å²) in [6.07, 6.45) is 2.56. The maximum absolute atomic E-state index is 12.1. The van der Waals surface area contributed by atoms with Gasteiger partial charge in [-0.25, -0.2) is 4.79 Å². The molecule has 1 saturated carbocycles. The predicted octanol–water partition coefficient (Wildman–Crippen LogP) is 1.69. The average Bonchev–Trinajstić information content (AvgIpc) is 2.25.